The first kappa shape index (κ1) is 21.6. The van der Waals surface area contributed by atoms with Crippen molar-refractivity contribution in [1.82, 2.24) is 0 Å². The highest BCUT2D eigenvalue weighted by molar-refractivity contribution is 5.85. The van der Waals surface area contributed by atoms with Gasteiger partial charge in [0.2, 0.25) is 0 Å². The smallest absolute Gasteiger partial charge is 0.134 e. The highest BCUT2D eigenvalue weighted by atomic mass is 19.1. The number of unbranched alkanes of at least 4 members (excludes halogenated alkanes) is 1. The molecule has 0 amide bonds. The van der Waals surface area contributed by atoms with Crippen LogP contribution in [0.1, 0.15) is 87.0 Å². The zero-order valence-corrected chi connectivity index (χ0v) is 18.9. The van der Waals surface area contributed by atoms with Crippen LogP contribution in [0.4, 0.5) is 4.39 Å². The van der Waals surface area contributed by atoms with E-state index in [1.165, 1.54) is 37.7 Å². The van der Waals surface area contributed by atoms with Gasteiger partial charge in [0.05, 0.1) is 0 Å². The second-order valence-corrected chi connectivity index (χ2v) is 9.07. The maximum Gasteiger partial charge on any atom is 0.134 e. The molecule has 0 spiro atoms. The fourth-order valence-electron chi connectivity index (χ4n) is 4.92. The van der Waals surface area contributed by atoms with Gasteiger partial charge in [-0.15, -0.1) is 0 Å². The van der Waals surface area contributed by atoms with Crippen LogP contribution in [-0.4, -0.2) is 0 Å². The highest BCUT2D eigenvalue weighted by Gasteiger charge is 2.24. The standard InChI is InChI=1S/C30H33F/c1-3-5-6-23-13-16-26(17-14-23)28-20-18-27-21-25(15-19-29(27)30(28)31)12-11-24-9-7-22(4-2)8-10-24/h7-10,15,18-21,23,26H,3-6,13-14,16-17H2,1-2H3. The number of fused-ring (bicyclic) bond motifs is 1. The molecule has 1 fully saturated rings. The van der Waals surface area contributed by atoms with Gasteiger partial charge in [-0.3, -0.25) is 0 Å². The van der Waals surface area contributed by atoms with Gasteiger partial charge in [-0.25, -0.2) is 4.39 Å². The van der Waals surface area contributed by atoms with E-state index >= 15 is 4.39 Å². The van der Waals surface area contributed by atoms with E-state index < -0.39 is 0 Å². The Bertz CT molecular complexity index is 1070. The van der Waals surface area contributed by atoms with Gasteiger partial charge in [-0.05, 0) is 84.7 Å². The molecule has 0 unspecified atom stereocenters. The van der Waals surface area contributed by atoms with Crippen LogP contribution in [0.5, 0.6) is 0 Å². The third-order valence-electron chi connectivity index (χ3n) is 6.95. The van der Waals surface area contributed by atoms with E-state index in [4.69, 9.17) is 0 Å². The third-order valence-corrected chi connectivity index (χ3v) is 6.95. The average Bonchev–Trinajstić information content (AvgIpc) is 2.82. The van der Waals surface area contributed by atoms with Crippen LogP contribution in [0.2, 0.25) is 0 Å². The molecule has 0 saturated heterocycles. The van der Waals surface area contributed by atoms with Crippen molar-refractivity contribution in [3.8, 4) is 11.8 Å². The predicted octanol–water partition coefficient (Wildman–Crippen LogP) is 8.41. The molecule has 0 N–H and O–H groups in total. The Morgan fingerprint density at radius 1 is 0.839 bits per heavy atom. The molecule has 1 aliphatic carbocycles. The zero-order valence-electron chi connectivity index (χ0n) is 18.9. The van der Waals surface area contributed by atoms with Crippen molar-refractivity contribution in [1.29, 1.82) is 0 Å². The Morgan fingerprint density at radius 3 is 2.26 bits per heavy atom. The summed E-state index contributed by atoms with van der Waals surface area (Å²) >= 11 is 0. The van der Waals surface area contributed by atoms with E-state index in [0.717, 1.165) is 52.6 Å². The fraction of sp³-hybridized carbons (Fsp3) is 0.400. The Morgan fingerprint density at radius 2 is 1.55 bits per heavy atom. The summed E-state index contributed by atoms with van der Waals surface area (Å²) in [6, 6.07) is 18.4. The number of halogens is 1. The molecule has 160 valence electrons. The number of hydrogen-bond donors (Lipinski definition) is 0. The van der Waals surface area contributed by atoms with E-state index in [1.54, 1.807) is 0 Å². The van der Waals surface area contributed by atoms with E-state index in [9.17, 15) is 0 Å². The lowest BCUT2D eigenvalue weighted by Crippen LogP contribution is -2.14. The first-order chi connectivity index (χ1) is 15.2. The predicted molar refractivity (Wildman–Crippen MR) is 130 cm³/mol. The van der Waals surface area contributed by atoms with Gasteiger partial charge in [0.15, 0.2) is 0 Å². The van der Waals surface area contributed by atoms with Gasteiger partial charge in [0.25, 0.3) is 0 Å². The lowest BCUT2D eigenvalue weighted by Gasteiger charge is -2.29. The van der Waals surface area contributed by atoms with Gasteiger partial charge >= 0.3 is 0 Å². The number of benzene rings is 3. The first-order valence-electron chi connectivity index (χ1n) is 12.0. The number of rotatable bonds is 5. The molecular formula is C30H33F. The van der Waals surface area contributed by atoms with Crippen LogP contribution >= 0.6 is 0 Å². The SMILES string of the molecule is CCCCC1CCC(c2ccc3cc(C#Cc4ccc(CC)cc4)ccc3c2F)CC1. The third kappa shape index (κ3) is 5.19. The molecule has 31 heavy (non-hydrogen) atoms. The summed E-state index contributed by atoms with van der Waals surface area (Å²) in [7, 11) is 0. The maximum absolute atomic E-state index is 15.4. The van der Waals surface area contributed by atoms with Crippen molar-refractivity contribution in [2.45, 2.75) is 71.1 Å². The molecule has 0 atom stereocenters. The lowest BCUT2D eigenvalue weighted by molar-refractivity contribution is 0.301. The highest BCUT2D eigenvalue weighted by Crippen LogP contribution is 2.39. The minimum Gasteiger partial charge on any atom is -0.206 e. The fourth-order valence-corrected chi connectivity index (χ4v) is 4.92. The topological polar surface area (TPSA) is 0 Å². The Labute approximate surface area is 186 Å². The van der Waals surface area contributed by atoms with E-state index in [0.29, 0.717) is 5.92 Å². The molecular weight excluding hydrogens is 379 g/mol. The van der Waals surface area contributed by atoms with Crippen molar-refractivity contribution in [3.63, 3.8) is 0 Å². The van der Waals surface area contributed by atoms with Crippen LogP contribution in [0.15, 0.2) is 54.6 Å². The maximum atomic E-state index is 15.4. The van der Waals surface area contributed by atoms with E-state index in [-0.39, 0.29) is 5.82 Å². The monoisotopic (exact) mass is 412 g/mol. The van der Waals surface area contributed by atoms with Gasteiger partial charge < -0.3 is 0 Å². The molecule has 3 aromatic carbocycles. The van der Waals surface area contributed by atoms with Crippen molar-refractivity contribution in [3.05, 3.63) is 82.7 Å². The largest absolute Gasteiger partial charge is 0.206 e. The minimum atomic E-state index is -0.0239. The molecule has 1 saturated carbocycles. The summed E-state index contributed by atoms with van der Waals surface area (Å²) in [5.74, 6) is 7.66. The molecule has 0 nitrogen and oxygen atoms in total. The van der Waals surface area contributed by atoms with Crippen LogP contribution in [0.25, 0.3) is 10.8 Å². The quantitative estimate of drug-likeness (QED) is 0.369. The van der Waals surface area contributed by atoms with Gasteiger partial charge in [-0.2, -0.15) is 0 Å². The molecule has 3 aromatic rings. The second-order valence-electron chi connectivity index (χ2n) is 9.07. The van der Waals surface area contributed by atoms with Gasteiger partial charge in [-0.1, -0.05) is 75.3 Å². The average molecular weight is 413 g/mol. The molecule has 0 aliphatic heterocycles. The second kappa shape index (κ2) is 10.1. The van der Waals surface area contributed by atoms with Crippen LogP contribution in [0.3, 0.4) is 0 Å². The molecule has 0 radical (unpaired) electrons. The van der Waals surface area contributed by atoms with Crippen molar-refractivity contribution in [2.24, 2.45) is 5.92 Å². The molecule has 4 rings (SSSR count). The zero-order chi connectivity index (χ0) is 21.6. The molecule has 0 bridgehead atoms. The van der Waals surface area contributed by atoms with Crippen molar-refractivity contribution >= 4 is 10.8 Å². The summed E-state index contributed by atoms with van der Waals surface area (Å²) in [6.07, 6.45) is 9.72. The molecule has 1 heteroatoms. The summed E-state index contributed by atoms with van der Waals surface area (Å²) in [5.41, 5.74) is 4.16. The van der Waals surface area contributed by atoms with Crippen LogP contribution < -0.4 is 0 Å². The Kier molecular flexibility index (Phi) is 7.08. The first-order valence-corrected chi connectivity index (χ1v) is 12.0. The Balaban J connectivity index is 1.50. The lowest BCUT2D eigenvalue weighted by atomic mass is 9.76. The number of aryl methyl sites for hydroxylation is 1. The molecule has 1 aliphatic rings. The normalized spacial score (nSPS) is 18.5. The van der Waals surface area contributed by atoms with Crippen molar-refractivity contribution in [2.75, 3.05) is 0 Å². The summed E-state index contributed by atoms with van der Waals surface area (Å²) in [4.78, 5) is 0. The summed E-state index contributed by atoms with van der Waals surface area (Å²) in [6.45, 7) is 4.41. The van der Waals surface area contributed by atoms with Gasteiger partial charge in [0.1, 0.15) is 5.82 Å². The van der Waals surface area contributed by atoms with E-state index in [1.807, 2.05) is 24.3 Å². The van der Waals surface area contributed by atoms with E-state index in [2.05, 4.69) is 56.0 Å². The van der Waals surface area contributed by atoms with Gasteiger partial charge in [0, 0.05) is 16.5 Å². The van der Waals surface area contributed by atoms with Crippen LogP contribution in [0, 0.1) is 23.6 Å². The summed E-state index contributed by atoms with van der Waals surface area (Å²) in [5, 5.41) is 1.66. The van der Waals surface area contributed by atoms with Crippen molar-refractivity contribution < 1.29 is 4.39 Å². The number of hydrogen-bond acceptors (Lipinski definition) is 0. The van der Waals surface area contributed by atoms with Crippen LogP contribution in [-0.2, 0) is 6.42 Å². The molecule has 0 aromatic heterocycles. The summed E-state index contributed by atoms with van der Waals surface area (Å²) < 4.78 is 15.4. The minimum absolute atomic E-state index is 0.0239. The Hall–Kier alpha value is -2.59. The molecule has 0 heterocycles.